The molecular weight excluding hydrogens is 288 g/mol. The van der Waals surface area contributed by atoms with Crippen LogP contribution in [0.2, 0.25) is 0 Å². The van der Waals surface area contributed by atoms with E-state index in [4.69, 9.17) is 9.15 Å². The molecule has 8 nitrogen and oxygen atoms in total. The summed E-state index contributed by atoms with van der Waals surface area (Å²) in [6.07, 6.45) is 3.50. The minimum atomic E-state index is -0.438. The van der Waals surface area contributed by atoms with Crippen LogP contribution in [-0.4, -0.2) is 44.8 Å². The molecule has 0 aliphatic carbocycles. The molecule has 2 aromatic heterocycles. The quantitative estimate of drug-likeness (QED) is 0.802. The van der Waals surface area contributed by atoms with Crippen LogP contribution < -0.4 is 10.4 Å². The van der Waals surface area contributed by atoms with Crippen molar-refractivity contribution in [2.75, 3.05) is 13.1 Å². The highest BCUT2D eigenvalue weighted by Crippen LogP contribution is 2.18. The molecule has 0 spiro atoms. The van der Waals surface area contributed by atoms with E-state index in [0.717, 1.165) is 6.42 Å². The number of nitrogens with zero attached hydrogens (tertiary/aromatic N) is 4. The molecule has 116 valence electrons. The van der Waals surface area contributed by atoms with E-state index in [0.29, 0.717) is 24.6 Å². The molecule has 3 heterocycles. The van der Waals surface area contributed by atoms with Gasteiger partial charge in [-0.3, -0.25) is 4.79 Å². The monoisotopic (exact) mass is 304 g/mol. The average Bonchev–Trinajstić information content (AvgIpc) is 3.09. The Balaban J connectivity index is 1.57. The lowest BCUT2D eigenvalue weighted by Gasteiger charge is -2.17. The molecule has 2 aromatic rings. The Hall–Kier alpha value is -2.64. The predicted octanol–water partition coefficient (Wildman–Crippen LogP) is 0.220. The summed E-state index contributed by atoms with van der Waals surface area (Å²) in [6, 6.07) is 2.98. The van der Waals surface area contributed by atoms with Gasteiger partial charge in [-0.1, -0.05) is 0 Å². The number of carbonyl (C=O) groups is 1. The molecule has 1 fully saturated rings. The number of ether oxygens (including phenoxy) is 1. The number of aryl methyl sites for hydroxylation is 1. The summed E-state index contributed by atoms with van der Waals surface area (Å²) in [5.74, 6) is 0.948. The summed E-state index contributed by atoms with van der Waals surface area (Å²) in [5, 5.41) is 3.92. The lowest BCUT2D eigenvalue weighted by atomic mass is 10.3. The third-order valence-corrected chi connectivity index (χ3v) is 3.43. The molecule has 1 saturated heterocycles. The van der Waals surface area contributed by atoms with Crippen LogP contribution >= 0.6 is 0 Å². The topological polar surface area (TPSA) is 90.5 Å². The fourth-order valence-corrected chi connectivity index (χ4v) is 2.44. The maximum Gasteiger partial charge on any atom is 0.339 e. The summed E-state index contributed by atoms with van der Waals surface area (Å²) in [5.41, 5.74) is -0.438. The summed E-state index contributed by atoms with van der Waals surface area (Å²) in [4.78, 5) is 29.0. The van der Waals surface area contributed by atoms with Crippen LogP contribution in [0.4, 0.5) is 0 Å². The number of amides is 1. The van der Waals surface area contributed by atoms with E-state index in [-0.39, 0.29) is 18.6 Å². The maximum absolute atomic E-state index is 12.1. The van der Waals surface area contributed by atoms with Crippen molar-refractivity contribution in [3.05, 3.63) is 41.0 Å². The van der Waals surface area contributed by atoms with E-state index in [9.17, 15) is 9.59 Å². The molecule has 22 heavy (non-hydrogen) atoms. The zero-order chi connectivity index (χ0) is 15.5. The SMILES string of the molecule is Cc1cc(OC2CCN(C(=O)Cn3cncn3)C2)cc(=O)o1. The van der Waals surface area contributed by atoms with E-state index >= 15 is 0 Å². The molecule has 1 amide bonds. The van der Waals surface area contributed by atoms with Gasteiger partial charge in [0.1, 0.15) is 36.8 Å². The summed E-state index contributed by atoms with van der Waals surface area (Å²) in [6.45, 7) is 2.98. The first-order valence-electron chi connectivity index (χ1n) is 6.99. The van der Waals surface area contributed by atoms with Crippen LogP contribution in [0.1, 0.15) is 12.2 Å². The molecule has 0 bridgehead atoms. The molecular formula is C14H16N4O4. The summed E-state index contributed by atoms with van der Waals surface area (Å²) in [7, 11) is 0. The van der Waals surface area contributed by atoms with Gasteiger partial charge in [-0.2, -0.15) is 5.10 Å². The van der Waals surface area contributed by atoms with Crippen LogP contribution in [0.3, 0.4) is 0 Å². The van der Waals surface area contributed by atoms with Gasteiger partial charge < -0.3 is 14.1 Å². The Bertz CT molecular complexity index is 710. The fraction of sp³-hybridized carbons (Fsp3) is 0.429. The summed E-state index contributed by atoms with van der Waals surface area (Å²) < 4.78 is 12.1. The molecule has 1 aliphatic rings. The highest BCUT2D eigenvalue weighted by atomic mass is 16.5. The van der Waals surface area contributed by atoms with Crippen LogP contribution in [0.25, 0.3) is 0 Å². The smallest absolute Gasteiger partial charge is 0.339 e. The van der Waals surface area contributed by atoms with Gasteiger partial charge in [0.15, 0.2) is 0 Å². The van der Waals surface area contributed by atoms with Crippen molar-refractivity contribution in [1.82, 2.24) is 19.7 Å². The molecule has 0 saturated carbocycles. The average molecular weight is 304 g/mol. The molecule has 0 radical (unpaired) electrons. The Labute approximate surface area is 126 Å². The van der Waals surface area contributed by atoms with Crippen molar-refractivity contribution in [2.24, 2.45) is 0 Å². The second-order valence-electron chi connectivity index (χ2n) is 5.18. The maximum atomic E-state index is 12.1. The molecule has 0 N–H and O–H groups in total. The molecule has 3 rings (SSSR count). The molecule has 8 heteroatoms. The van der Waals surface area contributed by atoms with Crippen LogP contribution in [0, 0.1) is 6.92 Å². The number of hydrogen-bond acceptors (Lipinski definition) is 6. The van der Waals surface area contributed by atoms with Crippen molar-refractivity contribution in [3.63, 3.8) is 0 Å². The zero-order valence-electron chi connectivity index (χ0n) is 12.1. The van der Waals surface area contributed by atoms with E-state index in [2.05, 4.69) is 10.1 Å². The van der Waals surface area contributed by atoms with Crippen molar-refractivity contribution >= 4 is 5.91 Å². The van der Waals surface area contributed by atoms with Crippen molar-refractivity contribution in [3.8, 4) is 5.75 Å². The normalized spacial score (nSPS) is 17.7. The van der Waals surface area contributed by atoms with Gasteiger partial charge in [-0.15, -0.1) is 0 Å². The van der Waals surface area contributed by atoms with Crippen LogP contribution in [-0.2, 0) is 11.3 Å². The van der Waals surface area contributed by atoms with E-state index in [1.54, 1.807) is 17.9 Å². The third kappa shape index (κ3) is 3.33. The van der Waals surface area contributed by atoms with E-state index in [1.165, 1.54) is 23.4 Å². The molecule has 1 atom stereocenters. The third-order valence-electron chi connectivity index (χ3n) is 3.43. The van der Waals surface area contributed by atoms with Gasteiger partial charge in [-0.05, 0) is 6.92 Å². The molecule has 1 aliphatic heterocycles. The number of hydrogen-bond donors (Lipinski definition) is 0. The first-order chi connectivity index (χ1) is 10.6. The van der Waals surface area contributed by atoms with Gasteiger partial charge in [0.2, 0.25) is 5.91 Å². The zero-order valence-corrected chi connectivity index (χ0v) is 12.1. The van der Waals surface area contributed by atoms with Gasteiger partial charge in [-0.25, -0.2) is 14.5 Å². The number of aromatic nitrogens is 3. The fourth-order valence-electron chi connectivity index (χ4n) is 2.44. The second-order valence-corrected chi connectivity index (χ2v) is 5.18. The summed E-state index contributed by atoms with van der Waals surface area (Å²) >= 11 is 0. The minimum Gasteiger partial charge on any atom is -0.488 e. The first kappa shape index (κ1) is 14.3. The minimum absolute atomic E-state index is 0.0274. The standard InChI is InChI=1S/C14H16N4O4/c1-10-4-12(5-14(20)21-10)22-11-2-3-17(6-11)13(19)7-18-9-15-8-16-18/h4-5,8-9,11H,2-3,6-7H2,1H3. The molecule has 0 aromatic carbocycles. The Morgan fingerprint density at radius 3 is 3.09 bits per heavy atom. The number of likely N-dealkylation sites (tertiary alicyclic amines) is 1. The Morgan fingerprint density at radius 1 is 1.50 bits per heavy atom. The highest BCUT2D eigenvalue weighted by molar-refractivity contribution is 5.76. The lowest BCUT2D eigenvalue weighted by molar-refractivity contribution is -0.131. The number of rotatable bonds is 4. The van der Waals surface area contributed by atoms with E-state index < -0.39 is 5.63 Å². The predicted molar refractivity (Wildman–Crippen MR) is 75.4 cm³/mol. The van der Waals surface area contributed by atoms with Crippen LogP contribution in [0.5, 0.6) is 5.75 Å². The van der Waals surface area contributed by atoms with Crippen molar-refractivity contribution in [2.45, 2.75) is 26.0 Å². The van der Waals surface area contributed by atoms with Gasteiger partial charge in [0, 0.05) is 19.0 Å². The lowest BCUT2D eigenvalue weighted by Crippen LogP contribution is -2.33. The largest absolute Gasteiger partial charge is 0.488 e. The van der Waals surface area contributed by atoms with Crippen molar-refractivity contribution < 1.29 is 13.9 Å². The van der Waals surface area contributed by atoms with E-state index in [1.807, 2.05) is 0 Å². The van der Waals surface area contributed by atoms with Gasteiger partial charge in [0.05, 0.1) is 12.6 Å². The van der Waals surface area contributed by atoms with Gasteiger partial charge in [0.25, 0.3) is 0 Å². The second kappa shape index (κ2) is 6.00. The first-order valence-corrected chi connectivity index (χ1v) is 6.99. The highest BCUT2D eigenvalue weighted by Gasteiger charge is 2.27. The van der Waals surface area contributed by atoms with Gasteiger partial charge >= 0.3 is 5.63 Å². The molecule has 1 unspecified atom stereocenters. The van der Waals surface area contributed by atoms with Crippen molar-refractivity contribution in [1.29, 1.82) is 0 Å². The Morgan fingerprint density at radius 2 is 2.36 bits per heavy atom. The van der Waals surface area contributed by atoms with Crippen LogP contribution in [0.15, 0.2) is 34.0 Å². The number of carbonyl (C=O) groups excluding carboxylic acids is 1. The Kier molecular flexibility index (Phi) is 3.90.